The highest BCUT2D eigenvalue weighted by atomic mass is 14.4. The Hall–Kier alpha value is -0.780. The van der Waals surface area contributed by atoms with E-state index >= 15 is 0 Å². The number of hydrogen-bond donors (Lipinski definition) is 0. The Morgan fingerprint density at radius 2 is 0.694 bits per heavy atom. The Labute approximate surface area is 224 Å². The molecule has 202 valence electrons. The molecule has 4 aliphatic carbocycles. The van der Waals surface area contributed by atoms with Crippen LogP contribution in [0.25, 0.3) is 0 Å². The molecular weight excluding hydrogens is 432 g/mol. The summed E-state index contributed by atoms with van der Waals surface area (Å²) in [5, 5.41) is 0. The van der Waals surface area contributed by atoms with E-state index in [2.05, 4.69) is 38.1 Å². The molecule has 0 aromatic heterocycles. The first-order valence-electron chi connectivity index (χ1n) is 16.8. The van der Waals surface area contributed by atoms with Crippen LogP contribution in [0.15, 0.2) is 24.3 Å². The molecule has 5 rings (SSSR count). The summed E-state index contributed by atoms with van der Waals surface area (Å²) in [5.74, 6) is 7.99. The second-order valence-electron chi connectivity index (χ2n) is 14.0. The summed E-state index contributed by atoms with van der Waals surface area (Å²) >= 11 is 0. The van der Waals surface area contributed by atoms with Gasteiger partial charge in [-0.2, -0.15) is 0 Å². The van der Waals surface area contributed by atoms with Gasteiger partial charge in [-0.05, 0) is 136 Å². The van der Waals surface area contributed by atoms with Crippen molar-refractivity contribution in [2.45, 2.75) is 154 Å². The minimum atomic E-state index is 0.838. The summed E-state index contributed by atoms with van der Waals surface area (Å²) in [6.07, 6.45) is 29.8. The number of hydrogen-bond acceptors (Lipinski definition) is 0. The van der Waals surface area contributed by atoms with Crippen LogP contribution >= 0.6 is 0 Å². The van der Waals surface area contributed by atoms with Crippen molar-refractivity contribution in [3.63, 3.8) is 0 Å². The van der Waals surface area contributed by atoms with E-state index in [0.29, 0.717) is 0 Å². The van der Waals surface area contributed by atoms with Crippen molar-refractivity contribution in [2.24, 2.45) is 35.5 Å². The monoisotopic (exact) mass is 490 g/mol. The zero-order valence-corrected chi connectivity index (χ0v) is 24.1. The predicted octanol–water partition coefficient (Wildman–Crippen LogP) is 11.4. The molecule has 0 atom stereocenters. The number of rotatable bonds is 8. The third kappa shape index (κ3) is 6.80. The molecule has 0 spiro atoms. The second kappa shape index (κ2) is 13.3. The lowest BCUT2D eigenvalue weighted by atomic mass is 9.67. The molecular formula is C36H58. The van der Waals surface area contributed by atoms with Gasteiger partial charge in [0.05, 0.1) is 0 Å². The molecule has 0 nitrogen and oxygen atoms in total. The zero-order chi connectivity index (χ0) is 24.7. The van der Waals surface area contributed by atoms with E-state index in [0.717, 1.165) is 47.3 Å². The minimum Gasteiger partial charge on any atom is -0.0654 e. The average Bonchev–Trinajstić information content (AvgIpc) is 2.95. The van der Waals surface area contributed by atoms with E-state index in [1.807, 2.05) is 0 Å². The maximum atomic E-state index is 2.54. The highest BCUT2D eigenvalue weighted by Crippen LogP contribution is 2.46. The fraction of sp³-hybridized carbons (Fsp3) is 0.833. The largest absolute Gasteiger partial charge is 0.0654 e. The lowest BCUT2D eigenvalue weighted by Gasteiger charge is -2.38. The van der Waals surface area contributed by atoms with Crippen molar-refractivity contribution in [1.29, 1.82) is 0 Å². The maximum Gasteiger partial charge on any atom is -0.0162 e. The van der Waals surface area contributed by atoms with Crippen LogP contribution in [-0.2, 0) is 0 Å². The van der Waals surface area contributed by atoms with Crippen molar-refractivity contribution in [3.8, 4) is 0 Å². The second-order valence-corrected chi connectivity index (χ2v) is 14.0. The van der Waals surface area contributed by atoms with Crippen LogP contribution in [0.2, 0.25) is 0 Å². The van der Waals surface area contributed by atoms with E-state index in [-0.39, 0.29) is 0 Å². The van der Waals surface area contributed by atoms with Gasteiger partial charge in [-0.3, -0.25) is 0 Å². The molecule has 0 heteroatoms. The summed E-state index contributed by atoms with van der Waals surface area (Å²) in [6, 6.07) is 10.2. The Bertz CT molecular complexity index is 664. The Kier molecular flexibility index (Phi) is 9.93. The van der Waals surface area contributed by atoms with Crippen molar-refractivity contribution in [2.75, 3.05) is 0 Å². The van der Waals surface area contributed by atoms with Gasteiger partial charge in [-0.15, -0.1) is 0 Å². The normalized spacial score (nSPS) is 38.1. The molecule has 0 N–H and O–H groups in total. The van der Waals surface area contributed by atoms with Gasteiger partial charge in [0.1, 0.15) is 0 Å². The quantitative estimate of drug-likeness (QED) is 0.340. The van der Waals surface area contributed by atoms with Crippen LogP contribution in [0.3, 0.4) is 0 Å². The van der Waals surface area contributed by atoms with Crippen molar-refractivity contribution >= 4 is 0 Å². The van der Waals surface area contributed by atoms with Crippen LogP contribution in [0, 0.1) is 35.5 Å². The fourth-order valence-electron chi connectivity index (χ4n) is 9.60. The predicted molar refractivity (Wildman–Crippen MR) is 157 cm³/mol. The molecule has 4 fully saturated rings. The highest BCUT2D eigenvalue weighted by molar-refractivity contribution is 5.28. The fourth-order valence-corrected chi connectivity index (χ4v) is 9.60. The Morgan fingerprint density at radius 3 is 0.972 bits per heavy atom. The molecule has 1 aromatic carbocycles. The molecule has 0 unspecified atom stereocenters. The van der Waals surface area contributed by atoms with Crippen LogP contribution < -0.4 is 0 Å². The van der Waals surface area contributed by atoms with Gasteiger partial charge in [0.25, 0.3) is 0 Å². The third-order valence-corrected chi connectivity index (χ3v) is 11.9. The standard InChI is InChI=1S/C36H58/c1-3-5-27-7-11-29(12-8-27)31-15-19-33(20-16-31)35-23-25-36(26-24-35)34-21-17-32(18-22-34)30-13-9-28(6-4-2)10-14-30/h23-34H,3-22H2,1-2H3. The van der Waals surface area contributed by atoms with Crippen LogP contribution in [0.4, 0.5) is 0 Å². The van der Waals surface area contributed by atoms with Crippen LogP contribution in [0.1, 0.15) is 165 Å². The first-order chi connectivity index (χ1) is 17.7. The van der Waals surface area contributed by atoms with E-state index in [1.165, 1.54) is 128 Å². The molecule has 0 saturated heterocycles. The van der Waals surface area contributed by atoms with Gasteiger partial charge >= 0.3 is 0 Å². The average molecular weight is 491 g/mol. The van der Waals surface area contributed by atoms with E-state index in [1.54, 1.807) is 11.1 Å². The molecule has 1 aromatic rings. The maximum absolute atomic E-state index is 2.54. The SMILES string of the molecule is CCCC1CCC(C2CCC(c3ccc(C4CCC(C5CCC(CCC)CC5)CC4)cc3)CC2)CC1. The van der Waals surface area contributed by atoms with Gasteiger partial charge in [-0.25, -0.2) is 0 Å². The lowest BCUT2D eigenvalue weighted by Crippen LogP contribution is -2.25. The van der Waals surface area contributed by atoms with Crippen molar-refractivity contribution in [3.05, 3.63) is 35.4 Å². The first-order valence-corrected chi connectivity index (χ1v) is 16.8. The van der Waals surface area contributed by atoms with Crippen molar-refractivity contribution < 1.29 is 0 Å². The number of benzene rings is 1. The van der Waals surface area contributed by atoms with Crippen LogP contribution in [-0.4, -0.2) is 0 Å². The molecule has 0 aliphatic heterocycles. The summed E-state index contributed by atoms with van der Waals surface area (Å²) in [7, 11) is 0. The molecule has 4 aliphatic rings. The summed E-state index contributed by atoms with van der Waals surface area (Å²) in [5.41, 5.74) is 3.31. The topological polar surface area (TPSA) is 0 Å². The van der Waals surface area contributed by atoms with Gasteiger partial charge < -0.3 is 0 Å². The molecule has 0 amide bonds. The van der Waals surface area contributed by atoms with E-state index in [4.69, 9.17) is 0 Å². The zero-order valence-electron chi connectivity index (χ0n) is 24.1. The third-order valence-electron chi connectivity index (χ3n) is 11.9. The molecule has 0 bridgehead atoms. The van der Waals surface area contributed by atoms with Gasteiger partial charge in [0, 0.05) is 0 Å². The highest BCUT2D eigenvalue weighted by Gasteiger charge is 2.33. The molecule has 4 saturated carbocycles. The van der Waals surface area contributed by atoms with Gasteiger partial charge in [0.2, 0.25) is 0 Å². The first kappa shape index (κ1) is 26.8. The summed E-state index contributed by atoms with van der Waals surface area (Å²) < 4.78 is 0. The minimum absolute atomic E-state index is 0.838. The molecule has 0 radical (unpaired) electrons. The van der Waals surface area contributed by atoms with Gasteiger partial charge in [0.15, 0.2) is 0 Å². The van der Waals surface area contributed by atoms with Crippen molar-refractivity contribution in [1.82, 2.24) is 0 Å². The smallest absolute Gasteiger partial charge is 0.0162 e. The molecule has 0 heterocycles. The van der Waals surface area contributed by atoms with Gasteiger partial charge in [-0.1, -0.05) is 89.5 Å². The summed E-state index contributed by atoms with van der Waals surface area (Å²) in [4.78, 5) is 0. The Balaban J connectivity index is 1.04. The summed E-state index contributed by atoms with van der Waals surface area (Å²) in [6.45, 7) is 4.73. The lowest BCUT2D eigenvalue weighted by molar-refractivity contribution is 0.156. The van der Waals surface area contributed by atoms with E-state index in [9.17, 15) is 0 Å². The Morgan fingerprint density at radius 1 is 0.417 bits per heavy atom. The molecule has 36 heavy (non-hydrogen) atoms. The van der Waals surface area contributed by atoms with E-state index < -0.39 is 0 Å². The van der Waals surface area contributed by atoms with Crippen LogP contribution in [0.5, 0.6) is 0 Å².